The fourth-order valence-electron chi connectivity index (χ4n) is 3.07. The summed E-state index contributed by atoms with van der Waals surface area (Å²) in [6.45, 7) is 3.00. The summed E-state index contributed by atoms with van der Waals surface area (Å²) in [6, 6.07) is 5.77. The lowest BCUT2D eigenvalue weighted by atomic mass is 10.1. The molecule has 0 spiro atoms. The smallest absolute Gasteiger partial charge is 0.355 e. The van der Waals surface area contributed by atoms with E-state index in [4.69, 9.17) is 14.2 Å². The molecule has 1 saturated heterocycles. The molecule has 1 fully saturated rings. The van der Waals surface area contributed by atoms with Crippen LogP contribution in [0, 0.1) is 0 Å². The van der Waals surface area contributed by atoms with Gasteiger partial charge in [-0.25, -0.2) is 9.59 Å². The van der Waals surface area contributed by atoms with Gasteiger partial charge in [-0.1, -0.05) is 6.08 Å². The highest BCUT2D eigenvalue weighted by molar-refractivity contribution is 9.10. The van der Waals surface area contributed by atoms with E-state index in [1.807, 2.05) is 18.2 Å². The largest absolute Gasteiger partial charge is 0.465 e. The Morgan fingerprint density at radius 3 is 2.43 bits per heavy atom. The van der Waals surface area contributed by atoms with E-state index in [2.05, 4.69) is 20.8 Å². The van der Waals surface area contributed by atoms with Crippen LogP contribution in [-0.4, -0.2) is 52.5 Å². The molecular weight excluding hydrogens is 428 g/mol. The van der Waals surface area contributed by atoms with Gasteiger partial charge in [-0.2, -0.15) is 0 Å². The standard InChI is InChI=1S/C20H21BrN2O5/c1-26-19(24)15-5-3-4-8-23(18(15)20(25)27-2)14-6-7-17(16(21)13-14)22-9-11-28-12-10-22/h3-8,13H,9-12H2,1-2H3. The zero-order valence-electron chi connectivity index (χ0n) is 15.7. The van der Waals surface area contributed by atoms with Crippen molar-refractivity contribution in [1.29, 1.82) is 0 Å². The van der Waals surface area contributed by atoms with E-state index in [-0.39, 0.29) is 11.3 Å². The maximum absolute atomic E-state index is 12.5. The SMILES string of the molecule is COC(=O)C1=C(C(=O)OC)N(c2ccc(N3CCOCC3)c(Br)c2)C=CC=C1. The van der Waals surface area contributed by atoms with Crippen molar-refractivity contribution in [2.75, 3.05) is 50.3 Å². The summed E-state index contributed by atoms with van der Waals surface area (Å²) in [6.07, 6.45) is 6.65. The monoisotopic (exact) mass is 448 g/mol. The molecule has 0 aliphatic carbocycles. The number of benzene rings is 1. The van der Waals surface area contributed by atoms with Gasteiger partial charge >= 0.3 is 11.9 Å². The Kier molecular flexibility index (Phi) is 6.53. The molecule has 1 aromatic carbocycles. The normalized spacial score (nSPS) is 16.8. The van der Waals surface area contributed by atoms with Gasteiger partial charge in [0, 0.05) is 29.4 Å². The topological polar surface area (TPSA) is 68.3 Å². The molecule has 2 aliphatic rings. The fourth-order valence-corrected chi connectivity index (χ4v) is 3.69. The van der Waals surface area contributed by atoms with Crippen LogP contribution in [0.25, 0.3) is 0 Å². The van der Waals surface area contributed by atoms with Gasteiger partial charge in [-0.05, 0) is 46.3 Å². The quantitative estimate of drug-likeness (QED) is 0.655. The molecule has 7 nitrogen and oxygen atoms in total. The number of carbonyl (C=O) groups excluding carboxylic acids is 2. The van der Waals surface area contributed by atoms with Crippen molar-refractivity contribution in [3.05, 3.63) is 58.4 Å². The average Bonchev–Trinajstić information content (AvgIpc) is 2.96. The van der Waals surface area contributed by atoms with E-state index >= 15 is 0 Å². The molecule has 2 heterocycles. The number of esters is 2. The number of hydrogen-bond acceptors (Lipinski definition) is 7. The highest BCUT2D eigenvalue weighted by atomic mass is 79.9. The molecule has 148 valence electrons. The predicted octanol–water partition coefficient (Wildman–Crippen LogP) is 2.78. The molecule has 28 heavy (non-hydrogen) atoms. The first kappa shape index (κ1) is 20.2. The van der Waals surface area contributed by atoms with Crippen LogP contribution in [0.1, 0.15) is 0 Å². The molecule has 0 amide bonds. The highest BCUT2D eigenvalue weighted by Gasteiger charge is 2.28. The van der Waals surface area contributed by atoms with Crippen LogP contribution in [-0.2, 0) is 23.8 Å². The number of ether oxygens (including phenoxy) is 3. The van der Waals surface area contributed by atoms with Crippen molar-refractivity contribution in [2.45, 2.75) is 0 Å². The molecule has 3 rings (SSSR count). The van der Waals surface area contributed by atoms with E-state index in [9.17, 15) is 9.59 Å². The molecule has 0 unspecified atom stereocenters. The number of allylic oxidation sites excluding steroid dienone is 2. The van der Waals surface area contributed by atoms with Crippen molar-refractivity contribution >= 4 is 39.2 Å². The van der Waals surface area contributed by atoms with Gasteiger partial charge in [-0.3, -0.25) is 0 Å². The van der Waals surface area contributed by atoms with Crippen LogP contribution >= 0.6 is 15.9 Å². The molecule has 8 heteroatoms. The zero-order valence-corrected chi connectivity index (χ0v) is 17.3. The first-order valence-corrected chi connectivity index (χ1v) is 9.53. The van der Waals surface area contributed by atoms with E-state index in [0.717, 1.165) is 23.2 Å². The van der Waals surface area contributed by atoms with Gasteiger partial charge in [0.15, 0.2) is 0 Å². The molecule has 0 bridgehead atoms. The predicted molar refractivity (Wildman–Crippen MR) is 109 cm³/mol. The summed E-state index contributed by atoms with van der Waals surface area (Å²) < 4.78 is 16.0. The van der Waals surface area contributed by atoms with Gasteiger partial charge < -0.3 is 24.0 Å². The van der Waals surface area contributed by atoms with E-state index in [0.29, 0.717) is 18.9 Å². The van der Waals surface area contributed by atoms with E-state index in [1.54, 1.807) is 23.3 Å². The third-order valence-electron chi connectivity index (χ3n) is 4.45. The van der Waals surface area contributed by atoms with Crippen molar-refractivity contribution in [2.24, 2.45) is 0 Å². The highest BCUT2D eigenvalue weighted by Crippen LogP contribution is 2.34. The average molecular weight is 449 g/mol. The minimum Gasteiger partial charge on any atom is -0.465 e. The van der Waals surface area contributed by atoms with Crippen molar-refractivity contribution in [3.8, 4) is 0 Å². The Bertz CT molecular complexity index is 856. The van der Waals surface area contributed by atoms with Gasteiger partial charge in [0.1, 0.15) is 5.70 Å². The number of carbonyl (C=O) groups is 2. The van der Waals surface area contributed by atoms with Crippen molar-refractivity contribution in [3.63, 3.8) is 0 Å². The number of nitrogens with zero attached hydrogens (tertiary/aromatic N) is 2. The van der Waals surface area contributed by atoms with Crippen molar-refractivity contribution in [1.82, 2.24) is 0 Å². The summed E-state index contributed by atoms with van der Waals surface area (Å²) in [4.78, 5) is 28.6. The molecule has 1 aromatic rings. The summed E-state index contributed by atoms with van der Waals surface area (Å²) in [5.74, 6) is -1.25. The summed E-state index contributed by atoms with van der Waals surface area (Å²) in [5.41, 5.74) is 1.95. The van der Waals surface area contributed by atoms with Crippen LogP contribution < -0.4 is 9.80 Å². The second-order valence-corrected chi connectivity index (χ2v) is 6.91. The van der Waals surface area contributed by atoms with Crippen LogP contribution in [0.4, 0.5) is 11.4 Å². The minimum atomic E-state index is -0.634. The molecule has 0 saturated carbocycles. The first-order chi connectivity index (χ1) is 13.6. The molecule has 0 aromatic heterocycles. The van der Waals surface area contributed by atoms with Crippen LogP contribution in [0.15, 0.2) is 58.4 Å². The Balaban J connectivity index is 2.03. The lowest BCUT2D eigenvalue weighted by Gasteiger charge is -2.30. The third-order valence-corrected chi connectivity index (χ3v) is 5.09. The Morgan fingerprint density at radius 2 is 1.79 bits per heavy atom. The number of rotatable bonds is 4. The Morgan fingerprint density at radius 1 is 1.07 bits per heavy atom. The fraction of sp³-hybridized carbons (Fsp3) is 0.300. The third kappa shape index (κ3) is 4.13. The van der Waals surface area contributed by atoms with E-state index < -0.39 is 11.9 Å². The maximum Gasteiger partial charge on any atom is 0.355 e. The molecule has 0 radical (unpaired) electrons. The Labute approximate surface area is 172 Å². The Hall–Kier alpha value is -2.58. The summed E-state index contributed by atoms with van der Waals surface area (Å²) in [7, 11) is 2.55. The molecule has 0 atom stereocenters. The number of anilines is 2. The van der Waals surface area contributed by atoms with Gasteiger partial charge in [0.2, 0.25) is 0 Å². The number of halogens is 1. The van der Waals surface area contributed by atoms with Gasteiger partial charge in [0.25, 0.3) is 0 Å². The second kappa shape index (κ2) is 9.07. The first-order valence-electron chi connectivity index (χ1n) is 8.74. The zero-order chi connectivity index (χ0) is 20.1. The molecular formula is C20H21BrN2O5. The van der Waals surface area contributed by atoms with Gasteiger partial charge in [0.05, 0.1) is 38.7 Å². The van der Waals surface area contributed by atoms with Crippen LogP contribution in [0.3, 0.4) is 0 Å². The van der Waals surface area contributed by atoms with Crippen LogP contribution in [0.5, 0.6) is 0 Å². The summed E-state index contributed by atoms with van der Waals surface area (Å²) in [5, 5.41) is 0. The number of morpholine rings is 1. The molecule has 2 aliphatic heterocycles. The second-order valence-electron chi connectivity index (χ2n) is 6.05. The number of hydrogen-bond donors (Lipinski definition) is 0. The maximum atomic E-state index is 12.5. The number of methoxy groups -OCH3 is 2. The lowest BCUT2D eigenvalue weighted by Crippen LogP contribution is -2.36. The van der Waals surface area contributed by atoms with Crippen LogP contribution in [0.2, 0.25) is 0 Å². The van der Waals surface area contributed by atoms with Gasteiger partial charge in [-0.15, -0.1) is 0 Å². The minimum absolute atomic E-state index is 0.0883. The molecule has 0 N–H and O–H groups in total. The van der Waals surface area contributed by atoms with E-state index in [1.165, 1.54) is 20.3 Å². The lowest BCUT2D eigenvalue weighted by molar-refractivity contribution is -0.139. The summed E-state index contributed by atoms with van der Waals surface area (Å²) >= 11 is 3.63. The van der Waals surface area contributed by atoms with Crippen molar-refractivity contribution < 1.29 is 23.8 Å².